The van der Waals surface area contributed by atoms with Crippen molar-refractivity contribution in [3.63, 3.8) is 0 Å². The summed E-state index contributed by atoms with van der Waals surface area (Å²) >= 11 is 0. The summed E-state index contributed by atoms with van der Waals surface area (Å²) in [4.78, 5) is 20.2. The number of aliphatic imine (C=N–C) groups is 1. The second kappa shape index (κ2) is 3.57. The molecule has 0 aromatic heterocycles. The van der Waals surface area contributed by atoms with Crippen molar-refractivity contribution in [1.82, 2.24) is 9.80 Å². The summed E-state index contributed by atoms with van der Waals surface area (Å²) in [5.41, 5.74) is 5.72. The van der Waals surface area contributed by atoms with E-state index in [1.165, 1.54) is 6.42 Å². The van der Waals surface area contributed by atoms with Gasteiger partial charge < -0.3 is 10.6 Å². The Morgan fingerprint density at radius 3 is 3.18 bits per heavy atom. The lowest BCUT2D eigenvalue weighted by Crippen LogP contribution is -2.60. The van der Waals surface area contributed by atoms with E-state index in [0.717, 1.165) is 25.9 Å². The molecule has 5 nitrogen and oxygen atoms in total. The maximum atomic E-state index is 11.9. The van der Waals surface area contributed by atoms with E-state index >= 15 is 0 Å². The molecule has 0 bridgehead atoms. The van der Waals surface area contributed by atoms with Crippen molar-refractivity contribution >= 4 is 11.9 Å². The van der Waals surface area contributed by atoms with Gasteiger partial charge in [-0.15, -0.1) is 6.58 Å². The number of amides is 2. The van der Waals surface area contributed by atoms with Crippen LogP contribution in [0, 0.1) is 0 Å². The zero-order valence-electron chi connectivity index (χ0n) is 9.93. The maximum absolute atomic E-state index is 11.9. The first-order valence-electron chi connectivity index (χ1n) is 6.21. The van der Waals surface area contributed by atoms with Gasteiger partial charge in [-0.25, -0.2) is 4.79 Å². The SMILES string of the molecule is C=CCN1C(=O)N=C(N)C12CCN1CCCC12. The van der Waals surface area contributed by atoms with Gasteiger partial charge in [-0.05, 0) is 25.8 Å². The summed E-state index contributed by atoms with van der Waals surface area (Å²) < 4.78 is 0. The predicted octanol–water partition coefficient (Wildman–Crippen LogP) is 0.572. The van der Waals surface area contributed by atoms with E-state index in [4.69, 9.17) is 5.73 Å². The zero-order valence-corrected chi connectivity index (χ0v) is 9.93. The lowest BCUT2D eigenvalue weighted by Gasteiger charge is -2.38. The smallest absolute Gasteiger partial charge is 0.346 e. The van der Waals surface area contributed by atoms with E-state index in [9.17, 15) is 4.79 Å². The van der Waals surface area contributed by atoms with Crippen LogP contribution < -0.4 is 5.73 Å². The van der Waals surface area contributed by atoms with Gasteiger partial charge in [-0.1, -0.05) is 6.08 Å². The second-order valence-electron chi connectivity index (χ2n) is 5.05. The van der Waals surface area contributed by atoms with Crippen LogP contribution >= 0.6 is 0 Å². The first kappa shape index (κ1) is 10.8. The van der Waals surface area contributed by atoms with Crippen LogP contribution in [0.15, 0.2) is 17.6 Å². The van der Waals surface area contributed by atoms with Crippen LogP contribution in [-0.4, -0.2) is 52.9 Å². The molecule has 0 radical (unpaired) electrons. The Morgan fingerprint density at radius 2 is 2.41 bits per heavy atom. The van der Waals surface area contributed by atoms with Gasteiger partial charge in [0.2, 0.25) is 0 Å². The van der Waals surface area contributed by atoms with Gasteiger partial charge in [0.05, 0.1) is 0 Å². The van der Waals surface area contributed by atoms with Crippen molar-refractivity contribution in [2.24, 2.45) is 10.7 Å². The molecule has 3 rings (SSSR count). The summed E-state index contributed by atoms with van der Waals surface area (Å²) in [6, 6.07) is 0.161. The highest BCUT2D eigenvalue weighted by Gasteiger charge is 2.59. The van der Waals surface area contributed by atoms with Crippen LogP contribution in [0.1, 0.15) is 19.3 Å². The van der Waals surface area contributed by atoms with Gasteiger partial charge >= 0.3 is 6.03 Å². The molecule has 5 heteroatoms. The summed E-state index contributed by atoms with van der Waals surface area (Å²) in [5.74, 6) is 0.513. The molecule has 2 atom stereocenters. The summed E-state index contributed by atoms with van der Waals surface area (Å²) in [7, 11) is 0. The molecular weight excluding hydrogens is 216 g/mol. The molecule has 1 spiro atoms. The third kappa shape index (κ3) is 1.23. The van der Waals surface area contributed by atoms with Crippen molar-refractivity contribution in [3.8, 4) is 0 Å². The number of hydrogen-bond acceptors (Lipinski definition) is 3. The van der Waals surface area contributed by atoms with Gasteiger partial charge in [-0.2, -0.15) is 4.99 Å². The molecule has 92 valence electrons. The van der Waals surface area contributed by atoms with Gasteiger partial charge in [0.25, 0.3) is 0 Å². The Hall–Kier alpha value is -1.36. The Bertz CT molecular complexity index is 405. The molecule has 3 aliphatic rings. The summed E-state index contributed by atoms with van der Waals surface area (Å²) in [6.07, 6.45) is 4.96. The maximum Gasteiger partial charge on any atom is 0.346 e. The fraction of sp³-hybridized carbons (Fsp3) is 0.667. The topological polar surface area (TPSA) is 61.9 Å². The quantitative estimate of drug-likeness (QED) is 0.711. The Balaban J connectivity index is 2.01. The third-order valence-corrected chi connectivity index (χ3v) is 4.38. The molecule has 17 heavy (non-hydrogen) atoms. The number of rotatable bonds is 2. The van der Waals surface area contributed by atoms with Crippen molar-refractivity contribution in [1.29, 1.82) is 0 Å². The van der Waals surface area contributed by atoms with Gasteiger partial charge in [0.15, 0.2) is 0 Å². The highest BCUT2D eigenvalue weighted by atomic mass is 16.2. The van der Waals surface area contributed by atoms with E-state index in [1.54, 1.807) is 6.08 Å². The van der Waals surface area contributed by atoms with E-state index in [1.807, 2.05) is 4.90 Å². The lowest BCUT2D eigenvalue weighted by atomic mass is 9.86. The van der Waals surface area contributed by atoms with Crippen molar-refractivity contribution in [2.75, 3.05) is 19.6 Å². The largest absolute Gasteiger partial charge is 0.385 e. The number of amidine groups is 1. The van der Waals surface area contributed by atoms with Crippen molar-refractivity contribution in [3.05, 3.63) is 12.7 Å². The molecule has 3 aliphatic heterocycles. The van der Waals surface area contributed by atoms with Crippen LogP contribution in [0.5, 0.6) is 0 Å². The normalized spacial score (nSPS) is 36.7. The zero-order chi connectivity index (χ0) is 12.0. The number of nitrogens with two attached hydrogens (primary N) is 1. The summed E-state index contributed by atoms with van der Waals surface area (Å²) in [5, 5.41) is 0. The van der Waals surface area contributed by atoms with Crippen molar-refractivity contribution in [2.45, 2.75) is 30.8 Å². The Kier molecular flexibility index (Phi) is 2.26. The second-order valence-corrected chi connectivity index (χ2v) is 5.05. The number of hydrogen-bond donors (Lipinski definition) is 1. The van der Waals surface area contributed by atoms with E-state index in [0.29, 0.717) is 18.4 Å². The van der Waals surface area contributed by atoms with Crippen LogP contribution in [0.25, 0.3) is 0 Å². The van der Waals surface area contributed by atoms with Crippen molar-refractivity contribution < 1.29 is 4.79 Å². The number of urea groups is 1. The van der Waals surface area contributed by atoms with Gasteiger partial charge in [0.1, 0.15) is 11.4 Å². The average molecular weight is 234 g/mol. The van der Waals surface area contributed by atoms with Crippen LogP contribution in [0.2, 0.25) is 0 Å². The molecule has 3 heterocycles. The molecule has 2 N–H and O–H groups in total. The molecular formula is C12H18N4O. The lowest BCUT2D eigenvalue weighted by molar-refractivity contribution is 0.156. The van der Waals surface area contributed by atoms with Gasteiger partial charge in [0, 0.05) is 19.1 Å². The minimum absolute atomic E-state index is 0.198. The van der Waals surface area contributed by atoms with Crippen LogP contribution in [0.3, 0.4) is 0 Å². The number of carbonyl (C=O) groups is 1. The predicted molar refractivity (Wildman–Crippen MR) is 65.9 cm³/mol. The van der Waals surface area contributed by atoms with Crippen LogP contribution in [-0.2, 0) is 0 Å². The fourth-order valence-corrected chi connectivity index (χ4v) is 3.67. The molecule has 2 unspecified atom stereocenters. The number of nitrogens with zero attached hydrogens (tertiary/aromatic N) is 3. The molecule has 2 amide bonds. The first-order chi connectivity index (χ1) is 8.20. The molecule has 2 saturated heterocycles. The minimum Gasteiger partial charge on any atom is -0.385 e. The van der Waals surface area contributed by atoms with Crippen LogP contribution in [0.4, 0.5) is 4.79 Å². The molecule has 0 aliphatic carbocycles. The third-order valence-electron chi connectivity index (χ3n) is 4.38. The van der Waals surface area contributed by atoms with E-state index < -0.39 is 0 Å². The fourth-order valence-electron chi connectivity index (χ4n) is 3.67. The number of carbonyl (C=O) groups excluding carboxylic acids is 1. The monoisotopic (exact) mass is 234 g/mol. The summed E-state index contributed by atoms with van der Waals surface area (Å²) in [6.45, 7) is 6.40. The number of fused-ring (bicyclic) bond motifs is 2. The highest BCUT2D eigenvalue weighted by Crippen LogP contribution is 2.42. The Morgan fingerprint density at radius 1 is 1.59 bits per heavy atom. The Labute approximate surface area is 101 Å². The molecule has 0 saturated carbocycles. The van der Waals surface area contributed by atoms with E-state index in [-0.39, 0.29) is 11.6 Å². The first-order valence-corrected chi connectivity index (χ1v) is 6.21. The van der Waals surface area contributed by atoms with E-state index in [2.05, 4.69) is 16.5 Å². The standard InChI is InChI=1S/C12H18N4O/c1-2-6-16-11(17)14-10(13)12(16)5-8-15-7-3-4-9(12)15/h2,9H,1,3-8H2,(H2,13,14,17). The molecule has 2 fully saturated rings. The minimum atomic E-state index is -0.345. The average Bonchev–Trinajstić information content (AvgIpc) is 2.91. The highest BCUT2D eigenvalue weighted by molar-refractivity contribution is 6.06. The molecule has 0 aromatic rings. The molecule has 0 aromatic carbocycles. The van der Waals surface area contributed by atoms with Gasteiger partial charge in [-0.3, -0.25) is 4.90 Å².